The van der Waals surface area contributed by atoms with E-state index in [4.69, 9.17) is 15.2 Å². The molecule has 0 saturated carbocycles. The van der Waals surface area contributed by atoms with Crippen molar-refractivity contribution in [2.24, 2.45) is 5.73 Å². The van der Waals surface area contributed by atoms with Gasteiger partial charge in [-0.3, -0.25) is 4.79 Å². The molecule has 0 radical (unpaired) electrons. The van der Waals surface area contributed by atoms with E-state index in [-0.39, 0.29) is 18.7 Å². The second-order valence-electron chi connectivity index (χ2n) is 5.12. The van der Waals surface area contributed by atoms with Crippen LogP contribution in [0.4, 0.5) is 0 Å². The third kappa shape index (κ3) is 3.20. The van der Waals surface area contributed by atoms with Gasteiger partial charge in [0.2, 0.25) is 6.79 Å². The first-order chi connectivity index (χ1) is 10.6. The molecule has 0 saturated heterocycles. The van der Waals surface area contributed by atoms with Gasteiger partial charge in [0.15, 0.2) is 11.5 Å². The lowest BCUT2D eigenvalue weighted by molar-refractivity contribution is 0.0956. The highest BCUT2D eigenvalue weighted by Crippen LogP contribution is 2.36. The van der Waals surface area contributed by atoms with Crippen molar-refractivity contribution < 1.29 is 14.3 Å². The fourth-order valence-electron chi connectivity index (χ4n) is 2.04. The molecule has 3 rings (SSSR count). The predicted molar refractivity (Wildman–Crippen MR) is 84.3 cm³/mol. The van der Waals surface area contributed by atoms with Crippen molar-refractivity contribution in [3.8, 4) is 22.1 Å². The van der Waals surface area contributed by atoms with Crippen molar-refractivity contribution in [1.82, 2.24) is 10.3 Å². The van der Waals surface area contributed by atoms with Crippen LogP contribution in [-0.2, 0) is 0 Å². The summed E-state index contributed by atoms with van der Waals surface area (Å²) in [5.41, 5.74) is 6.57. The average Bonchev–Trinajstić information content (AvgIpc) is 3.15. The first-order valence-corrected chi connectivity index (χ1v) is 7.85. The Bertz CT molecular complexity index is 684. The Hall–Kier alpha value is -2.12. The maximum absolute atomic E-state index is 12.0. The number of hydrogen-bond acceptors (Lipinski definition) is 6. The molecule has 6 nitrogen and oxygen atoms in total. The Morgan fingerprint density at radius 1 is 1.45 bits per heavy atom. The molecular weight excluding hydrogens is 302 g/mol. The highest BCUT2D eigenvalue weighted by molar-refractivity contribution is 7.16. The number of ether oxygens (including phenoxy) is 2. The summed E-state index contributed by atoms with van der Waals surface area (Å²) in [6, 6.07) is 5.70. The Labute approximate surface area is 132 Å². The van der Waals surface area contributed by atoms with E-state index < -0.39 is 0 Å². The van der Waals surface area contributed by atoms with E-state index in [1.165, 1.54) is 11.3 Å². The number of nitrogens with zero attached hydrogens (tertiary/aromatic N) is 1. The molecule has 22 heavy (non-hydrogen) atoms. The van der Waals surface area contributed by atoms with Crippen LogP contribution in [0.2, 0.25) is 0 Å². The SMILES string of the molecule is CC(N)CCNC(=O)c1cnc(-c2ccc3c(c2)OCO3)s1. The zero-order valence-corrected chi connectivity index (χ0v) is 13.0. The number of rotatable bonds is 5. The van der Waals surface area contributed by atoms with E-state index in [9.17, 15) is 4.79 Å². The summed E-state index contributed by atoms with van der Waals surface area (Å²) in [6.07, 6.45) is 2.34. The number of aromatic nitrogens is 1. The third-order valence-corrected chi connectivity index (χ3v) is 4.28. The smallest absolute Gasteiger partial charge is 0.263 e. The zero-order valence-electron chi connectivity index (χ0n) is 12.2. The molecule has 1 aromatic heterocycles. The minimum atomic E-state index is -0.120. The zero-order chi connectivity index (χ0) is 15.5. The minimum Gasteiger partial charge on any atom is -0.454 e. The largest absolute Gasteiger partial charge is 0.454 e. The van der Waals surface area contributed by atoms with Crippen molar-refractivity contribution >= 4 is 17.2 Å². The van der Waals surface area contributed by atoms with Gasteiger partial charge in [0.25, 0.3) is 5.91 Å². The summed E-state index contributed by atoms with van der Waals surface area (Å²) in [4.78, 5) is 16.9. The fourth-order valence-corrected chi connectivity index (χ4v) is 2.87. The molecule has 0 aliphatic carbocycles. The molecule has 1 aliphatic rings. The molecule has 116 valence electrons. The van der Waals surface area contributed by atoms with Crippen molar-refractivity contribution in [3.63, 3.8) is 0 Å². The van der Waals surface area contributed by atoms with Gasteiger partial charge in [0.05, 0.1) is 6.20 Å². The lowest BCUT2D eigenvalue weighted by Gasteiger charge is -2.05. The standard InChI is InChI=1S/C15H17N3O3S/c1-9(16)4-5-17-14(19)13-7-18-15(22-13)10-2-3-11-12(6-10)21-8-20-11/h2-3,6-7,9H,4-5,8,16H2,1H3,(H,17,19). The maximum Gasteiger partial charge on any atom is 0.263 e. The first kappa shape index (κ1) is 14.8. The van der Waals surface area contributed by atoms with Crippen LogP contribution in [0, 0.1) is 0 Å². The highest BCUT2D eigenvalue weighted by atomic mass is 32.1. The summed E-state index contributed by atoms with van der Waals surface area (Å²) in [5, 5.41) is 3.62. The normalized spacial score (nSPS) is 13.9. The van der Waals surface area contributed by atoms with Crippen molar-refractivity contribution in [3.05, 3.63) is 29.3 Å². The van der Waals surface area contributed by atoms with Crippen LogP contribution in [-0.4, -0.2) is 30.3 Å². The third-order valence-electron chi connectivity index (χ3n) is 3.23. The van der Waals surface area contributed by atoms with Crippen LogP contribution >= 0.6 is 11.3 Å². The molecule has 3 N–H and O–H groups in total. The molecule has 2 aromatic rings. The first-order valence-electron chi connectivity index (χ1n) is 7.03. The van der Waals surface area contributed by atoms with Gasteiger partial charge in [-0.25, -0.2) is 4.98 Å². The molecular formula is C15H17N3O3S. The van der Waals surface area contributed by atoms with Gasteiger partial charge >= 0.3 is 0 Å². The number of nitrogens with one attached hydrogen (secondary N) is 1. The maximum atomic E-state index is 12.0. The van der Waals surface area contributed by atoms with Crippen LogP contribution in [0.25, 0.3) is 10.6 Å². The van der Waals surface area contributed by atoms with E-state index in [1.807, 2.05) is 25.1 Å². The van der Waals surface area contributed by atoms with E-state index in [0.29, 0.717) is 17.2 Å². The van der Waals surface area contributed by atoms with Gasteiger partial charge in [0, 0.05) is 18.2 Å². The topological polar surface area (TPSA) is 86.5 Å². The molecule has 0 bridgehead atoms. The van der Waals surface area contributed by atoms with Crippen LogP contribution in [0.5, 0.6) is 11.5 Å². The number of carbonyl (C=O) groups excluding carboxylic acids is 1. The summed E-state index contributed by atoms with van der Waals surface area (Å²) < 4.78 is 10.6. The lowest BCUT2D eigenvalue weighted by atomic mass is 10.2. The van der Waals surface area contributed by atoms with Gasteiger partial charge in [-0.1, -0.05) is 0 Å². The predicted octanol–water partition coefficient (Wildman–Crippen LogP) is 2.01. The lowest BCUT2D eigenvalue weighted by Crippen LogP contribution is -2.28. The summed E-state index contributed by atoms with van der Waals surface area (Å²) >= 11 is 1.35. The molecule has 1 aliphatic heterocycles. The number of fused-ring (bicyclic) bond motifs is 1. The van der Waals surface area contributed by atoms with Crippen LogP contribution < -0.4 is 20.5 Å². The van der Waals surface area contributed by atoms with Crippen LogP contribution in [0.1, 0.15) is 23.0 Å². The second-order valence-corrected chi connectivity index (χ2v) is 6.15. The Morgan fingerprint density at radius 2 is 2.27 bits per heavy atom. The van der Waals surface area contributed by atoms with Gasteiger partial charge < -0.3 is 20.5 Å². The fraction of sp³-hybridized carbons (Fsp3) is 0.333. The van der Waals surface area contributed by atoms with Crippen LogP contribution in [0.15, 0.2) is 24.4 Å². The van der Waals surface area contributed by atoms with Crippen molar-refractivity contribution in [1.29, 1.82) is 0 Å². The summed E-state index contributed by atoms with van der Waals surface area (Å²) in [7, 11) is 0. The van der Waals surface area contributed by atoms with Gasteiger partial charge in [-0.2, -0.15) is 0 Å². The highest BCUT2D eigenvalue weighted by Gasteiger charge is 2.16. The number of nitrogens with two attached hydrogens (primary N) is 1. The van der Waals surface area contributed by atoms with Crippen LogP contribution in [0.3, 0.4) is 0 Å². The van der Waals surface area contributed by atoms with E-state index in [2.05, 4.69) is 10.3 Å². The van der Waals surface area contributed by atoms with Gasteiger partial charge in [-0.05, 0) is 31.5 Å². The average molecular weight is 319 g/mol. The van der Waals surface area contributed by atoms with Crippen molar-refractivity contribution in [2.75, 3.05) is 13.3 Å². The molecule has 7 heteroatoms. The summed E-state index contributed by atoms with van der Waals surface area (Å²) in [5.74, 6) is 1.31. The Morgan fingerprint density at radius 3 is 3.09 bits per heavy atom. The minimum absolute atomic E-state index is 0.0750. The quantitative estimate of drug-likeness (QED) is 0.880. The monoisotopic (exact) mass is 319 g/mol. The number of hydrogen-bond donors (Lipinski definition) is 2. The molecule has 1 amide bonds. The molecule has 0 spiro atoms. The molecule has 2 heterocycles. The molecule has 1 atom stereocenters. The van der Waals surface area contributed by atoms with Gasteiger partial charge in [-0.15, -0.1) is 11.3 Å². The number of benzene rings is 1. The Balaban J connectivity index is 1.69. The number of thiazole rings is 1. The van der Waals surface area contributed by atoms with Gasteiger partial charge in [0.1, 0.15) is 9.88 Å². The number of amides is 1. The molecule has 1 unspecified atom stereocenters. The van der Waals surface area contributed by atoms with E-state index in [0.717, 1.165) is 22.7 Å². The Kier molecular flexibility index (Phi) is 4.26. The van der Waals surface area contributed by atoms with E-state index in [1.54, 1.807) is 6.20 Å². The molecule has 0 fully saturated rings. The van der Waals surface area contributed by atoms with Crippen molar-refractivity contribution in [2.45, 2.75) is 19.4 Å². The second kappa shape index (κ2) is 6.33. The van der Waals surface area contributed by atoms with E-state index >= 15 is 0 Å². The summed E-state index contributed by atoms with van der Waals surface area (Å²) in [6.45, 7) is 2.72. The number of carbonyl (C=O) groups is 1. The molecule has 1 aromatic carbocycles.